The van der Waals surface area contributed by atoms with Crippen LogP contribution >= 0.6 is 39.1 Å². The molecule has 34 heavy (non-hydrogen) atoms. The third-order valence-electron chi connectivity index (χ3n) is 5.13. The molecule has 0 aliphatic heterocycles. The first-order valence-corrected chi connectivity index (χ1v) is 11.4. The number of aromatic nitrogens is 2. The summed E-state index contributed by atoms with van der Waals surface area (Å²) in [5.41, 5.74) is 4.23. The first-order chi connectivity index (χ1) is 16.1. The maximum Gasteiger partial charge on any atom is 0.573 e. The summed E-state index contributed by atoms with van der Waals surface area (Å²) in [6.07, 6.45) is -4.80. The van der Waals surface area contributed by atoms with Gasteiger partial charge in [0.25, 0.3) is 0 Å². The van der Waals surface area contributed by atoms with Gasteiger partial charge < -0.3 is 19.0 Å². The minimum atomic E-state index is -4.80. The second-order valence-corrected chi connectivity index (χ2v) is 9.12. The van der Waals surface area contributed by atoms with Crippen LogP contribution in [0.4, 0.5) is 18.9 Å². The lowest BCUT2D eigenvalue weighted by Crippen LogP contribution is -2.24. The molecule has 0 atom stereocenters. The Balaban J connectivity index is 1.87. The van der Waals surface area contributed by atoms with Crippen LogP contribution in [0.2, 0.25) is 10.0 Å². The minimum Gasteiger partial charge on any atom is -0.405 e. The molecule has 1 N–H and O–H groups in total. The van der Waals surface area contributed by atoms with E-state index in [9.17, 15) is 18.3 Å². The highest BCUT2D eigenvalue weighted by Crippen LogP contribution is 2.33. The normalized spacial score (nSPS) is 12.5. The molecule has 0 bridgehead atoms. The van der Waals surface area contributed by atoms with Gasteiger partial charge in [-0.3, -0.25) is 0 Å². The number of aryl methyl sites for hydroxylation is 1. The number of halogens is 6. The second-order valence-electron chi connectivity index (χ2n) is 7.45. The number of imidazole rings is 1. The lowest BCUT2D eigenvalue weighted by Gasteiger charge is -2.10. The number of hydrogen-bond acceptors (Lipinski definition) is 3. The van der Waals surface area contributed by atoms with Gasteiger partial charge in [0.2, 0.25) is 5.62 Å². The highest BCUT2D eigenvalue weighted by Gasteiger charge is 2.32. The van der Waals surface area contributed by atoms with Crippen LogP contribution in [-0.4, -0.2) is 20.6 Å². The molecule has 3 aromatic carbocycles. The first kappa shape index (κ1) is 24.7. The summed E-state index contributed by atoms with van der Waals surface area (Å²) >= 11 is 15.7. The number of aliphatic hydroxyl groups is 1. The first-order valence-electron chi connectivity index (χ1n) is 9.88. The van der Waals surface area contributed by atoms with Gasteiger partial charge in [0, 0.05) is 7.05 Å². The van der Waals surface area contributed by atoms with Gasteiger partial charge in [-0.1, -0.05) is 47.5 Å². The zero-order chi connectivity index (χ0) is 24.6. The summed E-state index contributed by atoms with van der Waals surface area (Å²) in [5.74, 6) is -0.362. The zero-order valence-corrected chi connectivity index (χ0v) is 20.7. The molecule has 4 aromatic rings. The van der Waals surface area contributed by atoms with Crippen LogP contribution < -0.4 is 10.4 Å². The standard InChI is InChI=1S/C23H17BrCl2F3N3O2/c1-31-19-9-17(25)18(26)10-20(19)32(11-13-2-4-14(12-33)5-3-13)22(31)30-15-6-7-21(16(24)8-15)34-23(27,28)29/h2-10,33H,11-12H2,1H3/b30-22-. The third kappa shape index (κ3) is 5.27. The number of nitrogens with zero attached hydrogens (tertiary/aromatic N) is 3. The van der Waals surface area contributed by atoms with Crippen molar-refractivity contribution < 1.29 is 23.0 Å². The van der Waals surface area contributed by atoms with Gasteiger partial charge in [-0.15, -0.1) is 13.2 Å². The van der Waals surface area contributed by atoms with E-state index in [-0.39, 0.29) is 16.8 Å². The van der Waals surface area contributed by atoms with Gasteiger partial charge in [0.1, 0.15) is 5.75 Å². The molecule has 5 nitrogen and oxygen atoms in total. The third-order valence-corrected chi connectivity index (χ3v) is 6.47. The van der Waals surface area contributed by atoms with Gasteiger partial charge in [0.05, 0.1) is 44.4 Å². The topological polar surface area (TPSA) is 51.7 Å². The number of rotatable bonds is 5. The molecule has 0 radical (unpaired) electrons. The van der Waals surface area contributed by atoms with Crippen LogP contribution in [0.15, 0.2) is 64.1 Å². The number of alkyl halides is 3. The second kappa shape index (κ2) is 9.65. The van der Waals surface area contributed by atoms with E-state index in [1.807, 2.05) is 40.4 Å². The SMILES string of the molecule is Cn1/c(=N/c2ccc(OC(F)(F)F)c(Br)c2)n(Cc2ccc(CO)cc2)c2cc(Cl)c(Cl)cc21. The Morgan fingerprint density at radius 1 is 0.971 bits per heavy atom. The smallest absolute Gasteiger partial charge is 0.405 e. The van der Waals surface area contributed by atoms with Crippen LogP contribution in [0.5, 0.6) is 5.75 Å². The Kier molecular flexibility index (Phi) is 7.00. The van der Waals surface area contributed by atoms with Crippen molar-refractivity contribution in [1.82, 2.24) is 9.13 Å². The molecule has 0 aliphatic rings. The van der Waals surface area contributed by atoms with Gasteiger partial charge in [-0.2, -0.15) is 0 Å². The molecule has 178 valence electrons. The Labute approximate surface area is 210 Å². The van der Waals surface area contributed by atoms with Gasteiger partial charge in [-0.25, -0.2) is 4.99 Å². The molecule has 1 heterocycles. The number of hydrogen-bond donors (Lipinski definition) is 1. The quantitative estimate of drug-likeness (QED) is 0.288. The van der Waals surface area contributed by atoms with E-state index < -0.39 is 6.36 Å². The summed E-state index contributed by atoms with van der Waals surface area (Å²) in [5, 5.41) is 10.1. The molecule has 0 fully saturated rings. The minimum absolute atomic E-state index is 0.0562. The molecule has 0 amide bonds. The summed E-state index contributed by atoms with van der Waals surface area (Å²) in [4.78, 5) is 4.70. The van der Waals surface area contributed by atoms with Crippen molar-refractivity contribution in [2.45, 2.75) is 19.5 Å². The van der Waals surface area contributed by atoms with Crippen molar-refractivity contribution >= 4 is 55.9 Å². The fourth-order valence-electron chi connectivity index (χ4n) is 3.51. The molecule has 0 saturated carbocycles. The van der Waals surface area contributed by atoms with E-state index in [4.69, 9.17) is 28.2 Å². The summed E-state index contributed by atoms with van der Waals surface area (Å²) in [6, 6.07) is 15.0. The summed E-state index contributed by atoms with van der Waals surface area (Å²) in [6.45, 7) is 0.371. The summed E-state index contributed by atoms with van der Waals surface area (Å²) in [7, 11) is 1.81. The molecule has 0 unspecified atom stereocenters. The monoisotopic (exact) mass is 573 g/mol. The van der Waals surface area contributed by atoms with Crippen molar-refractivity contribution in [3.05, 3.63) is 85.9 Å². The predicted molar refractivity (Wildman–Crippen MR) is 128 cm³/mol. The predicted octanol–water partition coefficient (Wildman–Crippen LogP) is 6.72. The maximum absolute atomic E-state index is 12.6. The van der Waals surface area contributed by atoms with E-state index in [0.29, 0.717) is 27.9 Å². The molecular weight excluding hydrogens is 558 g/mol. The number of benzene rings is 3. The highest BCUT2D eigenvalue weighted by molar-refractivity contribution is 9.10. The average molecular weight is 575 g/mol. The van der Waals surface area contributed by atoms with Crippen LogP contribution in [0.1, 0.15) is 11.1 Å². The van der Waals surface area contributed by atoms with E-state index in [1.165, 1.54) is 18.2 Å². The van der Waals surface area contributed by atoms with Gasteiger partial charge >= 0.3 is 6.36 Å². The largest absolute Gasteiger partial charge is 0.573 e. The van der Waals surface area contributed by atoms with Crippen molar-refractivity contribution in [3.8, 4) is 5.75 Å². The molecule has 11 heteroatoms. The van der Waals surface area contributed by atoms with Gasteiger partial charge in [0.15, 0.2) is 0 Å². The van der Waals surface area contributed by atoms with E-state index >= 15 is 0 Å². The Morgan fingerprint density at radius 3 is 2.18 bits per heavy atom. The van der Waals surface area contributed by atoms with Crippen LogP contribution in [0.25, 0.3) is 11.0 Å². The van der Waals surface area contributed by atoms with Crippen molar-refractivity contribution in [2.24, 2.45) is 12.0 Å². The fourth-order valence-corrected chi connectivity index (χ4v) is 4.28. The highest BCUT2D eigenvalue weighted by atomic mass is 79.9. The molecular formula is C23H17BrCl2F3N3O2. The molecule has 4 rings (SSSR count). The Bertz CT molecular complexity index is 1430. The molecule has 0 spiro atoms. The van der Waals surface area contributed by atoms with E-state index in [2.05, 4.69) is 20.7 Å². The van der Waals surface area contributed by atoms with Crippen LogP contribution in [0.3, 0.4) is 0 Å². The lowest BCUT2D eigenvalue weighted by atomic mass is 10.1. The van der Waals surface area contributed by atoms with Crippen LogP contribution in [-0.2, 0) is 20.2 Å². The lowest BCUT2D eigenvalue weighted by molar-refractivity contribution is -0.274. The molecule has 0 aliphatic carbocycles. The van der Waals surface area contributed by atoms with Crippen molar-refractivity contribution in [3.63, 3.8) is 0 Å². The average Bonchev–Trinajstić information content (AvgIpc) is 3.01. The molecule has 0 saturated heterocycles. The zero-order valence-electron chi connectivity index (χ0n) is 17.6. The maximum atomic E-state index is 12.6. The van der Waals surface area contributed by atoms with Crippen molar-refractivity contribution in [1.29, 1.82) is 0 Å². The van der Waals surface area contributed by atoms with Crippen molar-refractivity contribution in [2.75, 3.05) is 0 Å². The fraction of sp³-hybridized carbons (Fsp3) is 0.174. The molecule has 1 aromatic heterocycles. The summed E-state index contributed by atoms with van der Waals surface area (Å²) < 4.78 is 45.7. The number of fused-ring (bicyclic) bond motifs is 1. The number of aliphatic hydroxyl groups excluding tert-OH is 1. The number of ether oxygens (including phenoxy) is 1. The van der Waals surface area contributed by atoms with E-state index in [1.54, 1.807) is 12.1 Å². The van der Waals surface area contributed by atoms with Gasteiger partial charge in [-0.05, 0) is 57.4 Å². The Hall–Kier alpha value is -2.46. The van der Waals surface area contributed by atoms with E-state index in [0.717, 1.165) is 22.2 Å². The van der Waals surface area contributed by atoms with Crippen LogP contribution in [0, 0.1) is 0 Å². The Morgan fingerprint density at radius 2 is 1.59 bits per heavy atom.